The van der Waals surface area contributed by atoms with E-state index in [0.717, 1.165) is 23.1 Å². The molecule has 0 radical (unpaired) electrons. The van der Waals surface area contributed by atoms with E-state index in [1.807, 2.05) is 21.7 Å². The molecule has 100 valence electrons. The summed E-state index contributed by atoms with van der Waals surface area (Å²) in [4.78, 5) is 14.3. The summed E-state index contributed by atoms with van der Waals surface area (Å²) < 4.78 is 2.94. The van der Waals surface area contributed by atoms with E-state index < -0.39 is 0 Å². The van der Waals surface area contributed by atoms with Gasteiger partial charge in [-0.25, -0.2) is 0 Å². The van der Waals surface area contributed by atoms with Crippen LogP contribution in [0.15, 0.2) is 29.4 Å². The normalized spacial score (nSPS) is 10.7. The van der Waals surface area contributed by atoms with E-state index in [1.165, 1.54) is 0 Å². The van der Waals surface area contributed by atoms with Gasteiger partial charge in [-0.15, -0.1) is 6.58 Å². The molecular weight excluding hydrogens is 292 g/mol. The van der Waals surface area contributed by atoms with Gasteiger partial charge in [0, 0.05) is 29.8 Å². The molecule has 1 aromatic heterocycles. The molecular formula is C14H21BrN2O. The number of hydrogen-bond acceptors (Lipinski definition) is 1. The lowest BCUT2D eigenvalue weighted by atomic mass is 10.3. The van der Waals surface area contributed by atoms with Crippen molar-refractivity contribution in [2.24, 2.45) is 0 Å². The number of halogens is 1. The van der Waals surface area contributed by atoms with Crippen molar-refractivity contribution in [2.45, 2.75) is 33.2 Å². The predicted octanol–water partition coefficient (Wildman–Crippen LogP) is 3.87. The minimum absolute atomic E-state index is 0.0659. The van der Waals surface area contributed by atoms with Crippen LogP contribution in [0.25, 0.3) is 0 Å². The third-order valence-corrected chi connectivity index (χ3v) is 3.15. The number of rotatable bonds is 6. The average molecular weight is 313 g/mol. The van der Waals surface area contributed by atoms with E-state index in [0.29, 0.717) is 6.54 Å². The Hall–Kier alpha value is -1.03. The lowest BCUT2D eigenvalue weighted by Gasteiger charge is -2.22. The van der Waals surface area contributed by atoms with Gasteiger partial charge in [0.05, 0.1) is 0 Å². The second-order valence-electron chi connectivity index (χ2n) is 4.58. The fraction of sp³-hybridized carbons (Fsp3) is 0.500. The molecule has 0 unspecified atom stereocenters. The molecule has 0 spiro atoms. The lowest BCUT2D eigenvalue weighted by molar-refractivity contribution is 0.0761. The highest BCUT2D eigenvalue weighted by atomic mass is 79.9. The molecule has 0 aromatic carbocycles. The molecule has 18 heavy (non-hydrogen) atoms. The van der Waals surface area contributed by atoms with Crippen LogP contribution in [0.2, 0.25) is 0 Å². The standard InChI is InChI=1S/C14H21BrN2O/c1-5-7-16(8-6-2)14(18)13-9-12(15)10-17(13)11(3)4/h5,9-11H,1,6-8H2,2-4H3. The summed E-state index contributed by atoms with van der Waals surface area (Å²) >= 11 is 3.43. The van der Waals surface area contributed by atoms with Crippen molar-refractivity contribution in [2.75, 3.05) is 13.1 Å². The van der Waals surface area contributed by atoms with Crippen molar-refractivity contribution in [1.82, 2.24) is 9.47 Å². The van der Waals surface area contributed by atoms with Gasteiger partial charge >= 0.3 is 0 Å². The molecule has 1 heterocycles. The van der Waals surface area contributed by atoms with Crippen molar-refractivity contribution in [3.05, 3.63) is 35.1 Å². The average Bonchev–Trinajstić information content (AvgIpc) is 2.70. The zero-order chi connectivity index (χ0) is 13.7. The van der Waals surface area contributed by atoms with Crippen LogP contribution in [0.4, 0.5) is 0 Å². The van der Waals surface area contributed by atoms with Gasteiger partial charge in [0.15, 0.2) is 0 Å². The number of nitrogens with zero attached hydrogens (tertiary/aromatic N) is 2. The van der Waals surface area contributed by atoms with Crippen molar-refractivity contribution in [3.63, 3.8) is 0 Å². The molecule has 0 aliphatic heterocycles. The first-order valence-corrected chi connectivity index (χ1v) is 7.08. The van der Waals surface area contributed by atoms with Gasteiger partial charge in [-0.2, -0.15) is 0 Å². The Morgan fingerprint density at radius 3 is 2.78 bits per heavy atom. The molecule has 0 saturated carbocycles. The highest BCUT2D eigenvalue weighted by molar-refractivity contribution is 9.10. The maximum Gasteiger partial charge on any atom is 0.270 e. The van der Waals surface area contributed by atoms with E-state index in [1.54, 1.807) is 6.08 Å². The van der Waals surface area contributed by atoms with Gasteiger partial charge < -0.3 is 9.47 Å². The van der Waals surface area contributed by atoms with E-state index >= 15 is 0 Å². The molecule has 4 heteroatoms. The molecule has 0 bridgehead atoms. The summed E-state index contributed by atoms with van der Waals surface area (Å²) in [6, 6.07) is 2.15. The topological polar surface area (TPSA) is 25.2 Å². The Labute approximate surface area is 118 Å². The van der Waals surface area contributed by atoms with Gasteiger partial charge in [-0.05, 0) is 42.3 Å². The second-order valence-corrected chi connectivity index (χ2v) is 5.50. The minimum atomic E-state index is 0.0659. The van der Waals surface area contributed by atoms with Gasteiger partial charge in [0.1, 0.15) is 5.69 Å². The van der Waals surface area contributed by atoms with Crippen molar-refractivity contribution in [1.29, 1.82) is 0 Å². The summed E-state index contributed by atoms with van der Waals surface area (Å²) in [5.41, 5.74) is 0.729. The zero-order valence-corrected chi connectivity index (χ0v) is 12.9. The van der Waals surface area contributed by atoms with Gasteiger partial charge in [-0.1, -0.05) is 13.0 Å². The Bertz CT molecular complexity index is 423. The van der Waals surface area contributed by atoms with E-state index in [4.69, 9.17) is 0 Å². The van der Waals surface area contributed by atoms with Crippen LogP contribution in [0.3, 0.4) is 0 Å². The Balaban J connectivity index is 3.03. The predicted molar refractivity (Wildman–Crippen MR) is 78.9 cm³/mol. The van der Waals surface area contributed by atoms with Crippen LogP contribution in [0, 0.1) is 0 Å². The summed E-state index contributed by atoms with van der Waals surface area (Å²) in [7, 11) is 0. The molecule has 1 rings (SSSR count). The maximum absolute atomic E-state index is 12.5. The van der Waals surface area contributed by atoms with Crippen LogP contribution < -0.4 is 0 Å². The molecule has 0 N–H and O–H groups in total. The van der Waals surface area contributed by atoms with Crippen LogP contribution in [0.5, 0.6) is 0 Å². The summed E-state index contributed by atoms with van der Waals surface area (Å²) in [6.07, 6.45) is 4.67. The maximum atomic E-state index is 12.5. The number of aromatic nitrogens is 1. The Kier molecular flexibility index (Phi) is 5.66. The fourth-order valence-electron chi connectivity index (χ4n) is 1.91. The van der Waals surface area contributed by atoms with Gasteiger partial charge in [0.25, 0.3) is 5.91 Å². The quantitative estimate of drug-likeness (QED) is 0.732. The molecule has 0 aliphatic carbocycles. The Morgan fingerprint density at radius 1 is 1.61 bits per heavy atom. The first-order valence-electron chi connectivity index (χ1n) is 6.28. The molecule has 0 fully saturated rings. The smallest absolute Gasteiger partial charge is 0.270 e. The molecule has 1 aromatic rings. The Morgan fingerprint density at radius 2 is 2.28 bits per heavy atom. The number of amides is 1. The van der Waals surface area contributed by atoms with Gasteiger partial charge in [0.2, 0.25) is 0 Å². The van der Waals surface area contributed by atoms with E-state index in [-0.39, 0.29) is 11.9 Å². The monoisotopic (exact) mass is 312 g/mol. The first kappa shape index (κ1) is 15.0. The van der Waals surface area contributed by atoms with Gasteiger partial charge in [-0.3, -0.25) is 4.79 Å². The van der Waals surface area contributed by atoms with Crippen molar-refractivity contribution >= 4 is 21.8 Å². The van der Waals surface area contributed by atoms with Crippen molar-refractivity contribution in [3.8, 4) is 0 Å². The molecule has 1 amide bonds. The number of carbonyl (C=O) groups excluding carboxylic acids is 1. The fourth-order valence-corrected chi connectivity index (χ4v) is 2.35. The highest BCUT2D eigenvalue weighted by Gasteiger charge is 2.19. The third kappa shape index (κ3) is 3.48. The first-order chi connectivity index (χ1) is 8.51. The third-order valence-electron chi connectivity index (χ3n) is 2.72. The molecule has 3 nitrogen and oxygen atoms in total. The molecule has 0 saturated heterocycles. The largest absolute Gasteiger partial charge is 0.340 e. The SMILES string of the molecule is C=CCN(CCC)C(=O)c1cc(Br)cn1C(C)C. The number of hydrogen-bond donors (Lipinski definition) is 0. The van der Waals surface area contributed by atoms with E-state index in [9.17, 15) is 4.79 Å². The molecule has 0 atom stereocenters. The summed E-state index contributed by atoms with van der Waals surface area (Å²) in [5.74, 6) is 0.0659. The summed E-state index contributed by atoms with van der Waals surface area (Å²) in [6.45, 7) is 11.3. The summed E-state index contributed by atoms with van der Waals surface area (Å²) in [5, 5.41) is 0. The lowest BCUT2D eigenvalue weighted by Crippen LogP contribution is -2.33. The number of carbonyl (C=O) groups is 1. The van der Waals surface area contributed by atoms with Crippen LogP contribution in [-0.2, 0) is 0 Å². The van der Waals surface area contributed by atoms with Crippen LogP contribution >= 0.6 is 15.9 Å². The molecule has 0 aliphatic rings. The van der Waals surface area contributed by atoms with Crippen molar-refractivity contribution < 1.29 is 4.79 Å². The van der Waals surface area contributed by atoms with E-state index in [2.05, 4.69) is 43.3 Å². The van der Waals surface area contributed by atoms with Crippen LogP contribution in [-0.4, -0.2) is 28.5 Å². The highest BCUT2D eigenvalue weighted by Crippen LogP contribution is 2.20. The van der Waals surface area contributed by atoms with Crippen LogP contribution in [0.1, 0.15) is 43.7 Å². The second kappa shape index (κ2) is 6.78. The minimum Gasteiger partial charge on any atom is -0.340 e. The zero-order valence-electron chi connectivity index (χ0n) is 11.3.